The molecule has 0 aliphatic carbocycles. The molecule has 2 nitrogen and oxygen atoms in total. The normalized spacial score (nSPS) is 11.4. The first-order valence-electron chi connectivity index (χ1n) is 3.47. The average molecular weight is 140 g/mol. The second-order valence-corrected chi connectivity index (χ2v) is 2.47. The number of nitrogens with zero attached hydrogens (tertiary/aromatic N) is 2. The van der Waals surface area contributed by atoms with Crippen molar-refractivity contribution < 1.29 is 0 Å². The number of hydrogen-bond acceptors (Lipinski definition) is 1. The largest absolute Gasteiger partial charge is 0.363 e. The Morgan fingerprint density at radius 3 is 2.10 bits per heavy atom. The zero-order valence-electron chi connectivity index (χ0n) is 7.31. The van der Waals surface area contributed by atoms with Crippen LogP contribution < -0.4 is 0 Å². The fraction of sp³-hybridized carbons (Fsp3) is 0.625. The summed E-state index contributed by atoms with van der Waals surface area (Å²) in [6, 6.07) is 0. The second-order valence-electron chi connectivity index (χ2n) is 2.47. The third-order valence-electron chi connectivity index (χ3n) is 1.11. The van der Waals surface area contributed by atoms with E-state index in [1.165, 1.54) is 0 Å². The highest BCUT2D eigenvalue weighted by molar-refractivity contribution is 5.96. The average Bonchev–Trinajstić information content (AvgIpc) is 1.81. The molecule has 0 aromatic carbocycles. The molecule has 0 saturated carbocycles. The minimum absolute atomic E-state index is 0.820. The van der Waals surface area contributed by atoms with Crippen LogP contribution >= 0.6 is 0 Å². The van der Waals surface area contributed by atoms with Gasteiger partial charge in [0.05, 0.1) is 0 Å². The van der Waals surface area contributed by atoms with Crippen molar-refractivity contribution in [2.75, 3.05) is 20.6 Å². The number of amidine groups is 1. The third kappa shape index (κ3) is 2.67. The van der Waals surface area contributed by atoms with Gasteiger partial charge in [-0.2, -0.15) is 0 Å². The van der Waals surface area contributed by atoms with Crippen LogP contribution in [0.5, 0.6) is 0 Å². The molecule has 0 aromatic rings. The van der Waals surface area contributed by atoms with Crippen LogP contribution in [-0.2, 0) is 0 Å². The predicted molar refractivity (Wildman–Crippen MR) is 46.5 cm³/mol. The van der Waals surface area contributed by atoms with E-state index in [0.29, 0.717) is 0 Å². The first-order valence-corrected chi connectivity index (χ1v) is 3.47. The van der Waals surface area contributed by atoms with Gasteiger partial charge in [0.1, 0.15) is 5.84 Å². The molecule has 58 valence electrons. The van der Waals surface area contributed by atoms with Crippen LogP contribution in [0.1, 0.15) is 13.8 Å². The van der Waals surface area contributed by atoms with E-state index in [0.717, 1.165) is 18.0 Å². The molecule has 0 fully saturated rings. The van der Waals surface area contributed by atoms with E-state index in [-0.39, 0.29) is 0 Å². The van der Waals surface area contributed by atoms with Crippen molar-refractivity contribution in [1.29, 1.82) is 0 Å². The Balaban J connectivity index is 4.27. The second kappa shape index (κ2) is 4.09. The van der Waals surface area contributed by atoms with Crippen molar-refractivity contribution >= 4 is 5.84 Å². The molecule has 0 aliphatic rings. The van der Waals surface area contributed by atoms with Gasteiger partial charge in [0.25, 0.3) is 0 Å². The zero-order chi connectivity index (χ0) is 8.15. The fourth-order valence-corrected chi connectivity index (χ4v) is 0.808. The molecule has 2 heteroatoms. The van der Waals surface area contributed by atoms with Crippen molar-refractivity contribution in [1.82, 2.24) is 4.90 Å². The topological polar surface area (TPSA) is 15.6 Å². The van der Waals surface area contributed by atoms with E-state index < -0.39 is 0 Å². The third-order valence-corrected chi connectivity index (χ3v) is 1.11. The first kappa shape index (κ1) is 9.21. The summed E-state index contributed by atoms with van der Waals surface area (Å²) < 4.78 is 0. The monoisotopic (exact) mass is 140 g/mol. The van der Waals surface area contributed by atoms with Crippen LogP contribution in [-0.4, -0.2) is 31.4 Å². The summed E-state index contributed by atoms with van der Waals surface area (Å²) in [6.45, 7) is 8.63. The number of aliphatic imine (C=N–C) groups is 1. The molecule has 0 rings (SSSR count). The highest BCUT2D eigenvalue weighted by Gasteiger charge is 1.99. The summed E-state index contributed by atoms with van der Waals surface area (Å²) in [4.78, 5) is 6.24. The lowest BCUT2D eigenvalue weighted by Crippen LogP contribution is -2.22. The van der Waals surface area contributed by atoms with E-state index in [1.807, 2.05) is 32.8 Å². The summed E-state index contributed by atoms with van der Waals surface area (Å²) in [5.74, 6) is 0.988. The summed E-state index contributed by atoms with van der Waals surface area (Å²) in [7, 11) is 3.95. The molecule has 0 aliphatic heterocycles. The van der Waals surface area contributed by atoms with E-state index in [2.05, 4.69) is 11.6 Å². The first-order chi connectivity index (χ1) is 4.59. The van der Waals surface area contributed by atoms with Crippen LogP contribution in [0.2, 0.25) is 0 Å². The van der Waals surface area contributed by atoms with E-state index >= 15 is 0 Å². The molecule has 0 heterocycles. The Kier molecular flexibility index (Phi) is 3.77. The Bertz CT molecular complexity index is 145. The Labute approximate surface area is 63.3 Å². The van der Waals surface area contributed by atoms with Crippen LogP contribution in [0.15, 0.2) is 17.1 Å². The molecule has 0 bridgehead atoms. The molecule has 10 heavy (non-hydrogen) atoms. The van der Waals surface area contributed by atoms with Gasteiger partial charge in [-0.1, -0.05) is 6.58 Å². The Morgan fingerprint density at radius 1 is 1.50 bits per heavy atom. The van der Waals surface area contributed by atoms with Crippen molar-refractivity contribution in [3.63, 3.8) is 0 Å². The summed E-state index contributed by atoms with van der Waals surface area (Å²) in [5, 5.41) is 0. The van der Waals surface area contributed by atoms with Crippen LogP contribution in [0, 0.1) is 0 Å². The SMILES string of the molecule is C=C(C)C(=NCC)N(C)C. The molecular formula is C8H16N2. The maximum absolute atomic E-state index is 4.27. The molecule has 0 spiro atoms. The van der Waals surface area contributed by atoms with Crippen molar-refractivity contribution in [2.45, 2.75) is 13.8 Å². The number of hydrogen-bond donors (Lipinski definition) is 0. The van der Waals surface area contributed by atoms with E-state index in [1.54, 1.807) is 0 Å². The van der Waals surface area contributed by atoms with Crippen LogP contribution in [0.3, 0.4) is 0 Å². The minimum Gasteiger partial charge on any atom is -0.363 e. The van der Waals surface area contributed by atoms with Crippen LogP contribution in [0.25, 0.3) is 0 Å². The number of rotatable bonds is 2. The quantitative estimate of drug-likeness (QED) is 0.419. The summed E-state index contributed by atoms with van der Waals surface area (Å²) >= 11 is 0. The predicted octanol–water partition coefficient (Wildman–Crippen LogP) is 1.54. The van der Waals surface area contributed by atoms with Crippen molar-refractivity contribution in [3.05, 3.63) is 12.2 Å². The van der Waals surface area contributed by atoms with Crippen LogP contribution in [0.4, 0.5) is 0 Å². The van der Waals surface area contributed by atoms with Gasteiger partial charge in [0, 0.05) is 20.6 Å². The van der Waals surface area contributed by atoms with Gasteiger partial charge in [0.2, 0.25) is 0 Å². The van der Waals surface area contributed by atoms with Crippen molar-refractivity contribution in [3.8, 4) is 0 Å². The molecule has 0 atom stereocenters. The highest BCUT2D eigenvalue weighted by atomic mass is 15.1. The van der Waals surface area contributed by atoms with Gasteiger partial charge in [-0.05, 0) is 19.4 Å². The Morgan fingerprint density at radius 2 is 2.00 bits per heavy atom. The molecule has 0 amide bonds. The van der Waals surface area contributed by atoms with E-state index in [4.69, 9.17) is 0 Å². The lowest BCUT2D eigenvalue weighted by molar-refractivity contribution is 0.618. The number of likely N-dealkylation sites (N-methyl/N-ethyl adjacent to an activating group) is 1. The van der Waals surface area contributed by atoms with Gasteiger partial charge >= 0.3 is 0 Å². The van der Waals surface area contributed by atoms with Gasteiger partial charge in [-0.15, -0.1) is 0 Å². The maximum Gasteiger partial charge on any atom is 0.125 e. The van der Waals surface area contributed by atoms with Gasteiger partial charge in [-0.25, -0.2) is 0 Å². The van der Waals surface area contributed by atoms with Gasteiger partial charge in [0.15, 0.2) is 0 Å². The van der Waals surface area contributed by atoms with Gasteiger partial charge < -0.3 is 4.90 Å². The van der Waals surface area contributed by atoms with E-state index in [9.17, 15) is 0 Å². The molecule has 0 aromatic heterocycles. The molecule has 0 saturated heterocycles. The molecular weight excluding hydrogens is 124 g/mol. The van der Waals surface area contributed by atoms with Gasteiger partial charge in [-0.3, -0.25) is 4.99 Å². The molecule has 0 unspecified atom stereocenters. The Hall–Kier alpha value is -0.790. The zero-order valence-corrected chi connectivity index (χ0v) is 7.31. The van der Waals surface area contributed by atoms with Crippen molar-refractivity contribution in [2.24, 2.45) is 4.99 Å². The lowest BCUT2D eigenvalue weighted by Gasteiger charge is -2.14. The highest BCUT2D eigenvalue weighted by Crippen LogP contribution is 1.95. The minimum atomic E-state index is 0.820. The maximum atomic E-state index is 4.27. The molecule has 0 N–H and O–H groups in total. The summed E-state index contributed by atoms with van der Waals surface area (Å²) in [6.07, 6.45) is 0. The standard InChI is InChI=1S/C8H16N2/c1-6-9-8(7(2)3)10(4)5/h2,6H2,1,3-5H3. The summed E-state index contributed by atoms with van der Waals surface area (Å²) in [5.41, 5.74) is 1.02. The lowest BCUT2D eigenvalue weighted by atomic mass is 10.3. The smallest absolute Gasteiger partial charge is 0.125 e. The fourth-order valence-electron chi connectivity index (χ4n) is 0.808. The molecule has 0 radical (unpaired) electrons.